The Morgan fingerprint density at radius 2 is 2.12 bits per heavy atom. The summed E-state index contributed by atoms with van der Waals surface area (Å²) < 4.78 is 5.94. The molecule has 0 bridgehead atoms. The van der Waals surface area contributed by atoms with Crippen LogP contribution in [0.1, 0.15) is 28.8 Å². The standard InChI is InChI=1S/C20H24N2O4/c1-26-18-5-2-4-16(12-18)13-20(15-23)8-3-9-21(14-20)19(24)17-6-10-22(25)11-7-17/h2,4-7,10-12,23H,3,8-9,13-15H2,1H3/t20-/m0/s1. The van der Waals surface area contributed by atoms with Crippen molar-refractivity contribution in [3.05, 3.63) is 65.1 Å². The summed E-state index contributed by atoms with van der Waals surface area (Å²) in [6.45, 7) is 1.17. The number of aromatic nitrogens is 1. The van der Waals surface area contributed by atoms with Crippen molar-refractivity contribution < 1.29 is 19.4 Å². The fraction of sp³-hybridized carbons (Fsp3) is 0.400. The van der Waals surface area contributed by atoms with Gasteiger partial charge < -0.3 is 20.0 Å². The number of hydrogen-bond donors (Lipinski definition) is 1. The molecule has 0 radical (unpaired) electrons. The molecule has 3 rings (SSSR count). The highest BCUT2D eigenvalue weighted by Gasteiger charge is 2.37. The van der Waals surface area contributed by atoms with Gasteiger partial charge in [0.25, 0.3) is 5.91 Å². The van der Waals surface area contributed by atoms with E-state index in [1.165, 1.54) is 24.5 Å². The molecule has 6 nitrogen and oxygen atoms in total. The molecule has 138 valence electrons. The van der Waals surface area contributed by atoms with Crippen molar-refractivity contribution in [3.8, 4) is 5.75 Å². The molecule has 0 aliphatic carbocycles. The second-order valence-electron chi connectivity index (χ2n) is 6.96. The van der Waals surface area contributed by atoms with Crippen molar-refractivity contribution in [3.63, 3.8) is 0 Å². The zero-order valence-electron chi connectivity index (χ0n) is 14.9. The zero-order valence-corrected chi connectivity index (χ0v) is 14.9. The normalized spacial score (nSPS) is 20.0. The first-order chi connectivity index (χ1) is 12.5. The summed E-state index contributed by atoms with van der Waals surface area (Å²) in [4.78, 5) is 14.6. The van der Waals surface area contributed by atoms with Gasteiger partial charge in [-0.05, 0) is 37.0 Å². The van der Waals surface area contributed by atoms with Crippen molar-refractivity contribution in [1.82, 2.24) is 4.90 Å². The van der Waals surface area contributed by atoms with Crippen molar-refractivity contribution in [2.75, 3.05) is 26.8 Å². The predicted octanol–water partition coefficient (Wildman–Crippen LogP) is 1.79. The van der Waals surface area contributed by atoms with E-state index in [4.69, 9.17) is 4.74 Å². The SMILES string of the molecule is COc1cccc(C[C@@]2(CO)CCCN(C(=O)c3cc[n+]([O-])cc3)C2)c1. The molecule has 2 heterocycles. The molecule has 1 saturated heterocycles. The zero-order chi connectivity index (χ0) is 18.6. The molecule has 1 aromatic carbocycles. The number of aliphatic hydroxyl groups excluding tert-OH is 1. The number of rotatable bonds is 5. The number of carbonyl (C=O) groups excluding carboxylic acids is 1. The summed E-state index contributed by atoms with van der Waals surface area (Å²) >= 11 is 0. The van der Waals surface area contributed by atoms with Crippen molar-refractivity contribution >= 4 is 5.91 Å². The average molecular weight is 356 g/mol. The number of methoxy groups -OCH3 is 1. The lowest BCUT2D eigenvalue weighted by Gasteiger charge is -2.42. The van der Waals surface area contributed by atoms with Gasteiger partial charge in [-0.3, -0.25) is 4.79 Å². The number of ether oxygens (including phenoxy) is 1. The van der Waals surface area contributed by atoms with Gasteiger partial charge in [0.05, 0.1) is 19.3 Å². The molecule has 0 spiro atoms. The van der Waals surface area contributed by atoms with Gasteiger partial charge in [0.2, 0.25) is 0 Å². The van der Waals surface area contributed by atoms with Crippen LogP contribution in [0.15, 0.2) is 48.8 Å². The third-order valence-corrected chi connectivity index (χ3v) is 5.05. The molecule has 2 aromatic rings. The quantitative estimate of drug-likeness (QED) is 0.654. The lowest BCUT2D eigenvalue weighted by molar-refractivity contribution is -0.605. The van der Waals surface area contributed by atoms with Gasteiger partial charge in [0, 0.05) is 30.6 Å². The molecule has 26 heavy (non-hydrogen) atoms. The first kappa shape index (κ1) is 18.2. The van der Waals surface area contributed by atoms with E-state index < -0.39 is 0 Å². The van der Waals surface area contributed by atoms with Crippen LogP contribution in [0.4, 0.5) is 0 Å². The molecule has 6 heteroatoms. The maximum Gasteiger partial charge on any atom is 0.254 e. The molecule has 0 saturated carbocycles. The third-order valence-electron chi connectivity index (χ3n) is 5.05. The smallest absolute Gasteiger partial charge is 0.254 e. The summed E-state index contributed by atoms with van der Waals surface area (Å²) in [5.41, 5.74) is 1.21. The van der Waals surface area contributed by atoms with E-state index in [9.17, 15) is 15.1 Å². The van der Waals surface area contributed by atoms with Crippen molar-refractivity contribution in [2.24, 2.45) is 5.41 Å². The summed E-state index contributed by atoms with van der Waals surface area (Å²) in [5, 5.41) is 21.3. The van der Waals surface area contributed by atoms with Gasteiger partial charge in [-0.1, -0.05) is 12.1 Å². The highest BCUT2D eigenvalue weighted by atomic mass is 16.5. The summed E-state index contributed by atoms with van der Waals surface area (Å²) in [6, 6.07) is 10.9. The maximum absolute atomic E-state index is 12.8. The third kappa shape index (κ3) is 3.96. The van der Waals surface area contributed by atoms with Crippen LogP contribution in [0.2, 0.25) is 0 Å². The molecule has 1 N–H and O–H groups in total. The molecule has 1 aliphatic rings. The first-order valence-corrected chi connectivity index (χ1v) is 8.77. The molecule has 0 unspecified atom stereocenters. The largest absolute Gasteiger partial charge is 0.619 e. The van der Waals surface area contributed by atoms with E-state index in [0.717, 1.165) is 24.2 Å². The summed E-state index contributed by atoms with van der Waals surface area (Å²) in [7, 11) is 1.63. The number of hydrogen-bond acceptors (Lipinski definition) is 4. The van der Waals surface area contributed by atoms with E-state index in [1.54, 1.807) is 12.0 Å². The van der Waals surface area contributed by atoms with Gasteiger partial charge in [0.1, 0.15) is 5.75 Å². The van der Waals surface area contributed by atoms with Crippen LogP contribution in [0, 0.1) is 10.6 Å². The van der Waals surface area contributed by atoms with Gasteiger partial charge >= 0.3 is 0 Å². The number of amides is 1. The van der Waals surface area contributed by atoms with E-state index in [2.05, 4.69) is 0 Å². The van der Waals surface area contributed by atoms with E-state index in [0.29, 0.717) is 29.8 Å². The fourth-order valence-corrected chi connectivity index (χ4v) is 3.66. The molecule has 1 aliphatic heterocycles. The van der Waals surface area contributed by atoms with E-state index in [-0.39, 0.29) is 17.9 Å². The minimum absolute atomic E-state index is 0.0172. The number of aliphatic hydroxyl groups is 1. The van der Waals surface area contributed by atoms with Crippen LogP contribution in [0.25, 0.3) is 0 Å². The predicted molar refractivity (Wildman–Crippen MR) is 96.8 cm³/mol. The Balaban J connectivity index is 1.77. The fourth-order valence-electron chi connectivity index (χ4n) is 3.66. The number of carbonyl (C=O) groups is 1. The minimum Gasteiger partial charge on any atom is -0.619 e. The van der Waals surface area contributed by atoms with E-state index >= 15 is 0 Å². The number of benzene rings is 1. The highest BCUT2D eigenvalue weighted by Crippen LogP contribution is 2.34. The van der Waals surface area contributed by atoms with Crippen LogP contribution in [-0.2, 0) is 6.42 Å². The van der Waals surface area contributed by atoms with Crippen LogP contribution < -0.4 is 9.47 Å². The van der Waals surface area contributed by atoms with Crippen LogP contribution in [0.5, 0.6) is 5.75 Å². The second-order valence-corrected chi connectivity index (χ2v) is 6.96. The maximum atomic E-state index is 12.8. The molecule has 1 atom stereocenters. The van der Waals surface area contributed by atoms with Gasteiger partial charge in [-0.25, -0.2) is 0 Å². The van der Waals surface area contributed by atoms with Gasteiger partial charge in [0.15, 0.2) is 12.4 Å². The number of likely N-dealkylation sites (tertiary alicyclic amines) is 1. The number of piperidine rings is 1. The van der Waals surface area contributed by atoms with Crippen LogP contribution in [0.3, 0.4) is 0 Å². The van der Waals surface area contributed by atoms with Crippen LogP contribution in [-0.4, -0.2) is 42.7 Å². The second kappa shape index (κ2) is 7.74. The molecular formula is C20H24N2O4. The Labute approximate surface area is 153 Å². The minimum atomic E-state index is -0.368. The Bertz CT molecular complexity index is 763. The molecular weight excluding hydrogens is 332 g/mol. The van der Waals surface area contributed by atoms with Crippen LogP contribution >= 0.6 is 0 Å². The average Bonchev–Trinajstić information content (AvgIpc) is 2.68. The Morgan fingerprint density at radius 3 is 2.81 bits per heavy atom. The monoisotopic (exact) mass is 356 g/mol. The molecule has 1 amide bonds. The highest BCUT2D eigenvalue weighted by molar-refractivity contribution is 5.94. The van der Waals surface area contributed by atoms with Gasteiger partial charge in [-0.15, -0.1) is 0 Å². The molecule has 1 fully saturated rings. The summed E-state index contributed by atoms with van der Waals surface area (Å²) in [6.07, 6.45) is 5.03. The number of pyridine rings is 1. The number of nitrogens with zero attached hydrogens (tertiary/aromatic N) is 2. The molecule has 1 aromatic heterocycles. The Morgan fingerprint density at radius 1 is 1.35 bits per heavy atom. The lowest BCUT2D eigenvalue weighted by Crippen LogP contribution is -2.49. The Hall–Kier alpha value is -2.60. The first-order valence-electron chi connectivity index (χ1n) is 8.77. The summed E-state index contributed by atoms with van der Waals surface area (Å²) in [5.74, 6) is 0.684. The lowest BCUT2D eigenvalue weighted by atomic mass is 9.75. The van der Waals surface area contributed by atoms with Crippen molar-refractivity contribution in [1.29, 1.82) is 0 Å². The van der Waals surface area contributed by atoms with E-state index in [1.807, 2.05) is 24.3 Å². The topological polar surface area (TPSA) is 76.7 Å². The van der Waals surface area contributed by atoms with Gasteiger partial charge in [-0.2, -0.15) is 4.73 Å². The Kier molecular flexibility index (Phi) is 5.42. The van der Waals surface area contributed by atoms with Crippen molar-refractivity contribution in [2.45, 2.75) is 19.3 Å².